The Balaban J connectivity index is 1.08. The monoisotopic (exact) mass is 746 g/mol. The maximum absolute atomic E-state index is 2.53. The summed E-state index contributed by atoms with van der Waals surface area (Å²) in [5.74, 6) is 0. The zero-order chi connectivity index (χ0) is 38.3. The Labute approximate surface area is 336 Å². The first-order valence-electron chi connectivity index (χ1n) is 19.8. The zero-order valence-electron chi connectivity index (χ0n) is 32.2. The molecule has 57 heavy (non-hydrogen) atoms. The third-order valence-corrected chi connectivity index (χ3v) is 15.2. The summed E-state index contributed by atoms with van der Waals surface area (Å²) < 4.78 is 0. The van der Waals surface area contributed by atoms with Crippen LogP contribution < -0.4 is 20.2 Å². The van der Waals surface area contributed by atoms with Crippen LogP contribution in [0.5, 0.6) is 0 Å². The molecule has 0 fully saturated rings. The summed E-state index contributed by atoms with van der Waals surface area (Å²) in [4.78, 5) is 4.76. The molecule has 3 heteroatoms. The molecule has 0 atom stereocenters. The van der Waals surface area contributed by atoms with Crippen molar-refractivity contribution in [1.29, 1.82) is 0 Å². The van der Waals surface area contributed by atoms with Gasteiger partial charge in [0.25, 0.3) is 0 Å². The van der Waals surface area contributed by atoms with E-state index in [1.807, 2.05) is 0 Å². The van der Waals surface area contributed by atoms with E-state index in [9.17, 15) is 0 Å². The largest absolute Gasteiger partial charge is 0.311 e. The molecule has 1 aliphatic rings. The van der Waals surface area contributed by atoms with Crippen LogP contribution in [0.3, 0.4) is 0 Å². The minimum absolute atomic E-state index is 1.13. The molecule has 0 bridgehead atoms. The van der Waals surface area contributed by atoms with Gasteiger partial charge in [0.15, 0.2) is 0 Å². The summed E-state index contributed by atoms with van der Waals surface area (Å²) in [7, 11) is -2.17. The highest BCUT2D eigenvalue weighted by atomic mass is 28.3. The zero-order valence-corrected chi connectivity index (χ0v) is 33.2. The van der Waals surface area contributed by atoms with Crippen molar-refractivity contribution >= 4 is 63.3 Å². The van der Waals surface area contributed by atoms with E-state index in [2.05, 4.69) is 241 Å². The second-order valence-corrected chi connectivity index (χ2v) is 19.7. The molecule has 1 heterocycles. The second kappa shape index (κ2) is 14.3. The van der Waals surface area contributed by atoms with Gasteiger partial charge in [-0.05, 0) is 116 Å². The maximum atomic E-state index is 2.53. The first kappa shape index (κ1) is 34.5. The highest BCUT2D eigenvalue weighted by Gasteiger charge is 2.36. The van der Waals surface area contributed by atoms with E-state index in [4.69, 9.17) is 0 Å². The van der Waals surface area contributed by atoms with Crippen LogP contribution >= 0.6 is 0 Å². The Morgan fingerprint density at radius 2 is 0.807 bits per heavy atom. The predicted molar refractivity (Wildman–Crippen MR) is 246 cm³/mol. The van der Waals surface area contributed by atoms with Crippen molar-refractivity contribution in [1.82, 2.24) is 0 Å². The summed E-state index contributed by atoms with van der Waals surface area (Å²) in [6, 6.07) is 79.6. The molecule has 0 radical (unpaired) electrons. The van der Waals surface area contributed by atoms with Gasteiger partial charge in [-0.25, -0.2) is 0 Å². The van der Waals surface area contributed by atoms with E-state index in [0.29, 0.717) is 0 Å². The van der Waals surface area contributed by atoms with Gasteiger partial charge in [0, 0.05) is 34.0 Å². The van der Waals surface area contributed by atoms with Crippen LogP contribution in [0.15, 0.2) is 218 Å². The van der Waals surface area contributed by atoms with Crippen molar-refractivity contribution in [2.45, 2.75) is 13.1 Å². The van der Waals surface area contributed by atoms with Crippen molar-refractivity contribution in [3.63, 3.8) is 0 Å². The summed E-state index contributed by atoms with van der Waals surface area (Å²) in [6.07, 6.45) is 0. The predicted octanol–water partition coefficient (Wildman–Crippen LogP) is 13.9. The number of para-hydroxylation sites is 4. The molecule has 9 aromatic carbocycles. The van der Waals surface area contributed by atoms with Gasteiger partial charge in [0.05, 0.1) is 5.69 Å². The Kier molecular flexibility index (Phi) is 8.66. The lowest BCUT2D eigenvalue weighted by molar-refractivity contribution is 1.28. The van der Waals surface area contributed by atoms with Crippen LogP contribution in [-0.2, 0) is 0 Å². The lowest BCUT2D eigenvalue weighted by atomic mass is 9.91. The first-order valence-corrected chi connectivity index (χ1v) is 22.8. The fraction of sp³-hybridized carbons (Fsp3) is 0.0370. The van der Waals surface area contributed by atoms with Crippen LogP contribution in [0.1, 0.15) is 0 Å². The highest BCUT2D eigenvalue weighted by molar-refractivity contribution is 7.03. The lowest BCUT2D eigenvalue weighted by Gasteiger charge is -2.36. The third-order valence-electron chi connectivity index (χ3n) is 11.6. The van der Waals surface area contributed by atoms with Gasteiger partial charge in [-0.1, -0.05) is 165 Å². The molecular weight excluding hydrogens is 705 g/mol. The summed E-state index contributed by atoms with van der Waals surface area (Å²) in [5, 5.41) is 5.68. The molecule has 1 aliphatic heterocycles. The lowest BCUT2D eigenvalue weighted by Crippen LogP contribution is -2.56. The molecule has 0 unspecified atom stereocenters. The van der Waals surface area contributed by atoms with E-state index in [-0.39, 0.29) is 0 Å². The van der Waals surface area contributed by atoms with Crippen LogP contribution in [0.25, 0.3) is 44.2 Å². The second-order valence-electron chi connectivity index (χ2n) is 15.4. The Morgan fingerprint density at radius 1 is 0.316 bits per heavy atom. The van der Waals surface area contributed by atoms with Gasteiger partial charge >= 0.3 is 0 Å². The van der Waals surface area contributed by atoms with Gasteiger partial charge in [0.2, 0.25) is 0 Å². The number of anilines is 6. The molecule has 0 aromatic heterocycles. The molecule has 2 nitrogen and oxygen atoms in total. The number of hydrogen-bond acceptors (Lipinski definition) is 2. The van der Waals surface area contributed by atoms with E-state index >= 15 is 0 Å². The van der Waals surface area contributed by atoms with E-state index in [0.717, 1.165) is 22.7 Å². The number of benzene rings is 9. The fourth-order valence-corrected chi connectivity index (χ4v) is 12.0. The smallest absolute Gasteiger partial charge is 0.113 e. The highest BCUT2D eigenvalue weighted by Crippen LogP contribution is 2.44. The summed E-state index contributed by atoms with van der Waals surface area (Å²) in [6.45, 7) is 5.06. The molecule has 10 rings (SSSR count). The fourth-order valence-electron chi connectivity index (χ4n) is 8.90. The quantitative estimate of drug-likeness (QED) is 0.143. The Hall–Kier alpha value is -6.94. The molecule has 0 N–H and O–H groups in total. The molecular formula is C54H42N2Si. The number of fused-ring (bicyclic) bond motifs is 2. The van der Waals surface area contributed by atoms with Gasteiger partial charge in [-0.3, -0.25) is 0 Å². The molecule has 0 saturated carbocycles. The maximum Gasteiger partial charge on any atom is 0.113 e. The molecule has 0 aliphatic carbocycles. The van der Waals surface area contributed by atoms with Crippen molar-refractivity contribution in [2.24, 2.45) is 0 Å². The van der Waals surface area contributed by atoms with Crippen molar-refractivity contribution < 1.29 is 0 Å². The van der Waals surface area contributed by atoms with Gasteiger partial charge in [0.1, 0.15) is 8.07 Å². The first-order chi connectivity index (χ1) is 28.1. The van der Waals surface area contributed by atoms with Crippen molar-refractivity contribution in [2.75, 3.05) is 9.80 Å². The van der Waals surface area contributed by atoms with E-state index < -0.39 is 8.07 Å². The van der Waals surface area contributed by atoms with Crippen LogP contribution in [-0.4, -0.2) is 8.07 Å². The topological polar surface area (TPSA) is 6.48 Å². The average molecular weight is 747 g/mol. The van der Waals surface area contributed by atoms with Gasteiger partial charge in [-0.2, -0.15) is 0 Å². The number of rotatable bonds is 8. The van der Waals surface area contributed by atoms with Crippen LogP contribution in [0, 0.1) is 0 Å². The van der Waals surface area contributed by atoms with Crippen molar-refractivity contribution in [3.8, 4) is 33.4 Å². The summed E-state index contributed by atoms with van der Waals surface area (Å²) in [5.41, 5.74) is 14.5. The normalized spacial score (nSPS) is 12.5. The van der Waals surface area contributed by atoms with Gasteiger partial charge < -0.3 is 9.80 Å². The van der Waals surface area contributed by atoms with Crippen LogP contribution in [0.2, 0.25) is 13.1 Å². The standard InChI is InChI=1S/C54H42N2Si/c1-57(2)52-29-17-27-49-46(40-30-32-44(33-31-40)55(41-20-9-4-10-21-41)42-22-11-5-12-23-42)36-37-50(54(49)52)48-35-34-45(38-53(48)57)56(43-24-13-6-14-25-43)51-28-16-15-26-47(51)39-18-7-3-8-19-39/h3-38H,1-2H3. The minimum Gasteiger partial charge on any atom is -0.311 e. The molecule has 0 spiro atoms. The van der Waals surface area contributed by atoms with Crippen molar-refractivity contribution in [3.05, 3.63) is 218 Å². The van der Waals surface area contributed by atoms with E-state index in [1.165, 1.54) is 65.9 Å². The SMILES string of the molecule is C[Si]1(C)c2cc(N(c3ccccc3)c3ccccc3-c3ccccc3)ccc2-c2ccc(-c3ccc(N(c4ccccc4)c4ccccc4)cc3)c3cccc1c23. The molecule has 9 aromatic rings. The van der Waals surface area contributed by atoms with Gasteiger partial charge in [-0.15, -0.1) is 0 Å². The summed E-state index contributed by atoms with van der Waals surface area (Å²) >= 11 is 0. The average Bonchev–Trinajstić information content (AvgIpc) is 3.27. The number of hydrogen-bond donors (Lipinski definition) is 0. The molecule has 272 valence electrons. The number of nitrogens with zero attached hydrogens (tertiary/aromatic N) is 2. The van der Waals surface area contributed by atoms with E-state index in [1.54, 1.807) is 0 Å². The third kappa shape index (κ3) is 6.04. The van der Waals surface area contributed by atoms with Crippen LogP contribution in [0.4, 0.5) is 34.1 Å². The molecule has 0 amide bonds. The Morgan fingerprint density at radius 3 is 1.46 bits per heavy atom. The molecule has 0 saturated heterocycles. The Bertz CT molecular complexity index is 2810. The minimum atomic E-state index is -2.17.